The maximum atomic E-state index is 7.18. The number of rotatable bonds is 10. The molecule has 0 aromatic heterocycles. The first kappa shape index (κ1) is 26.9. The van der Waals surface area contributed by atoms with Crippen molar-refractivity contribution in [1.29, 1.82) is 0 Å². The van der Waals surface area contributed by atoms with E-state index < -0.39 is 28.6 Å². The first-order valence-corrected chi connectivity index (χ1v) is 20.9. The molecule has 4 rings (SSSR count). The van der Waals surface area contributed by atoms with Crippen LogP contribution in [-0.2, 0) is 12.8 Å². The van der Waals surface area contributed by atoms with Crippen LogP contribution in [0.25, 0.3) is 0 Å². The third-order valence-electron chi connectivity index (χ3n) is 5.68. The summed E-state index contributed by atoms with van der Waals surface area (Å²) in [5, 5.41) is 5.10. The van der Waals surface area contributed by atoms with Gasteiger partial charge in [0.15, 0.2) is 0 Å². The molecule has 35 heavy (non-hydrogen) atoms. The summed E-state index contributed by atoms with van der Waals surface area (Å²) in [6.07, 6.45) is 1.45. The van der Waals surface area contributed by atoms with Crippen LogP contribution in [0.5, 0.6) is 0 Å². The van der Waals surface area contributed by atoms with E-state index in [1.807, 2.05) is 24.3 Å². The van der Waals surface area contributed by atoms with E-state index in [-0.39, 0.29) is 9.27 Å². The summed E-state index contributed by atoms with van der Waals surface area (Å²) < 4.78 is -0.640. The van der Waals surface area contributed by atoms with Crippen LogP contribution in [0.1, 0.15) is 0 Å². The van der Waals surface area contributed by atoms with Crippen LogP contribution in [0.3, 0.4) is 0 Å². The minimum absolute atomic E-state index is 0.320. The van der Waals surface area contributed by atoms with Crippen molar-refractivity contribution in [2.75, 3.05) is 12.3 Å². The van der Waals surface area contributed by atoms with Gasteiger partial charge in [-0.2, -0.15) is 0 Å². The molecule has 0 heterocycles. The van der Waals surface area contributed by atoms with E-state index in [1.165, 1.54) is 21.2 Å². The van der Waals surface area contributed by atoms with Gasteiger partial charge in [0, 0.05) is 0 Å². The van der Waals surface area contributed by atoms with E-state index in [0.29, 0.717) is 0 Å². The van der Waals surface area contributed by atoms with Crippen LogP contribution < -0.4 is 32.7 Å². The van der Waals surface area contributed by atoms with Crippen molar-refractivity contribution in [2.24, 2.45) is 11.5 Å². The third-order valence-corrected chi connectivity index (χ3v) is 20.8. The fourth-order valence-corrected chi connectivity index (χ4v) is 17.3. The van der Waals surface area contributed by atoms with Crippen molar-refractivity contribution in [1.82, 2.24) is 0 Å². The van der Waals surface area contributed by atoms with Crippen molar-refractivity contribution < 1.29 is 12.8 Å². The Kier molecular flexibility index (Phi) is 9.92. The van der Waals surface area contributed by atoms with Crippen molar-refractivity contribution in [2.45, 2.75) is 9.27 Å². The SMILES string of the molecule is N[CH](CP(c1ccccc1)c1ccccc1)[Ru]([Cl])([Cl])[CH](N)CP(c1ccccc1)c1ccccc1. The maximum absolute atomic E-state index is 7.18. The van der Waals surface area contributed by atoms with Crippen LogP contribution in [0.15, 0.2) is 121 Å². The summed E-state index contributed by atoms with van der Waals surface area (Å²) in [6.45, 7) is 0. The molecule has 0 saturated heterocycles. The Morgan fingerprint density at radius 2 is 0.714 bits per heavy atom. The topological polar surface area (TPSA) is 52.0 Å². The van der Waals surface area contributed by atoms with Crippen LogP contribution in [0.2, 0.25) is 0 Å². The molecular formula is C28H30Cl2N2P2Ru. The van der Waals surface area contributed by atoms with Crippen molar-refractivity contribution >= 4 is 56.4 Å². The van der Waals surface area contributed by atoms with Gasteiger partial charge in [-0.15, -0.1) is 0 Å². The molecular weight excluding hydrogens is 598 g/mol. The second-order valence-electron chi connectivity index (χ2n) is 8.04. The number of halogens is 2. The Morgan fingerprint density at radius 1 is 0.486 bits per heavy atom. The van der Waals surface area contributed by atoms with Crippen LogP contribution in [0.4, 0.5) is 0 Å². The average molecular weight is 628 g/mol. The van der Waals surface area contributed by atoms with Gasteiger partial charge in [0.2, 0.25) is 0 Å². The molecule has 0 saturated carbocycles. The molecule has 0 aliphatic carbocycles. The predicted molar refractivity (Wildman–Crippen MR) is 156 cm³/mol. The van der Waals surface area contributed by atoms with E-state index in [9.17, 15) is 0 Å². The summed E-state index contributed by atoms with van der Waals surface area (Å²) in [7, 11) is 13.0. The second-order valence-corrected chi connectivity index (χ2v) is 23.5. The fourth-order valence-electron chi connectivity index (χ4n) is 3.86. The predicted octanol–water partition coefficient (Wildman–Crippen LogP) is 5.28. The molecule has 0 amide bonds. The molecule has 4 N–H and O–H groups in total. The summed E-state index contributed by atoms with van der Waals surface area (Å²) in [5.74, 6) is 0. The molecule has 0 bridgehead atoms. The number of nitrogens with two attached hydrogens (primary N) is 2. The van der Waals surface area contributed by atoms with Gasteiger partial charge in [0.05, 0.1) is 0 Å². The van der Waals surface area contributed by atoms with Gasteiger partial charge in [-0.05, 0) is 0 Å². The Labute approximate surface area is 222 Å². The van der Waals surface area contributed by atoms with Gasteiger partial charge in [0.1, 0.15) is 0 Å². The quantitative estimate of drug-likeness (QED) is 0.186. The molecule has 4 aromatic carbocycles. The Hall–Kier alpha value is -1.14. The molecule has 184 valence electrons. The minimum atomic E-state index is -3.43. The van der Waals surface area contributed by atoms with E-state index in [4.69, 9.17) is 30.8 Å². The molecule has 0 spiro atoms. The van der Waals surface area contributed by atoms with Crippen molar-refractivity contribution in [3.63, 3.8) is 0 Å². The average Bonchev–Trinajstić information content (AvgIpc) is 2.92. The molecule has 7 heteroatoms. The number of hydrogen-bond acceptors (Lipinski definition) is 2. The zero-order valence-electron chi connectivity index (χ0n) is 19.3. The van der Waals surface area contributed by atoms with Crippen molar-refractivity contribution in [3.05, 3.63) is 121 Å². The van der Waals surface area contributed by atoms with Crippen LogP contribution in [0, 0.1) is 0 Å². The van der Waals surface area contributed by atoms with Gasteiger partial charge in [0.25, 0.3) is 0 Å². The van der Waals surface area contributed by atoms with E-state index >= 15 is 0 Å². The standard InChI is InChI=1S/2C14H15NP.2ClH.Ru/c2*15-11-12-16(13-7-3-1-4-8-13)14-9-5-2-6-10-14;;;/h2*1-11H,12,15H2;2*1H;/q;;;;+2/p-2. The molecule has 0 aliphatic heterocycles. The van der Waals surface area contributed by atoms with Gasteiger partial charge < -0.3 is 0 Å². The fraction of sp³-hybridized carbons (Fsp3) is 0.143. The summed E-state index contributed by atoms with van der Waals surface area (Å²) >= 11 is -3.43. The second kappa shape index (κ2) is 12.9. The zero-order valence-corrected chi connectivity index (χ0v) is 24.3. The van der Waals surface area contributed by atoms with Gasteiger partial charge in [-0.25, -0.2) is 0 Å². The number of benzene rings is 4. The van der Waals surface area contributed by atoms with E-state index in [2.05, 4.69) is 97.1 Å². The first-order chi connectivity index (χ1) is 17.0. The van der Waals surface area contributed by atoms with Gasteiger partial charge in [-0.1, -0.05) is 0 Å². The number of hydrogen-bond donors (Lipinski definition) is 2. The summed E-state index contributed by atoms with van der Waals surface area (Å²) in [5.41, 5.74) is 13.7. The molecule has 0 aliphatic rings. The molecule has 4 aromatic rings. The molecule has 0 radical (unpaired) electrons. The Morgan fingerprint density at radius 3 is 0.943 bits per heavy atom. The zero-order chi connectivity index (χ0) is 24.7. The molecule has 2 atom stereocenters. The van der Waals surface area contributed by atoms with Crippen LogP contribution >= 0.6 is 35.2 Å². The molecule has 2 nitrogen and oxygen atoms in total. The monoisotopic (exact) mass is 628 g/mol. The molecule has 2 unspecified atom stereocenters. The summed E-state index contributed by atoms with van der Waals surface area (Å²) in [4.78, 5) is 0. The summed E-state index contributed by atoms with van der Waals surface area (Å²) in [6, 6.07) is 42.1. The van der Waals surface area contributed by atoms with Gasteiger partial charge >= 0.3 is 224 Å². The van der Waals surface area contributed by atoms with Crippen molar-refractivity contribution in [3.8, 4) is 0 Å². The third kappa shape index (κ3) is 7.00. The van der Waals surface area contributed by atoms with E-state index in [0.717, 1.165) is 12.3 Å². The molecule has 0 fully saturated rings. The van der Waals surface area contributed by atoms with E-state index in [1.54, 1.807) is 0 Å². The van der Waals surface area contributed by atoms with Gasteiger partial charge in [-0.3, -0.25) is 0 Å². The first-order valence-electron chi connectivity index (χ1n) is 11.3. The normalized spacial score (nSPS) is 14.1. The Balaban J connectivity index is 1.57. The van der Waals surface area contributed by atoms with Crippen LogP contribution in [-0.4, -0.2) is 21.6 Å². The Bertz CT molecular complexity index is 997.